The molecule has 1 heterocycles. The van der Waals surface area contributed by atoms with Gasteiger partial charge in [0.1, 0.15) is 0 Å². The Labute approximate surface area is 722 Å². The number of halogens is 2. The highest BCUT2D eigenvalue weighted by Gasteiger charge is 2.32. The molecular weight excluding hydrogens is 1650 g/mol. The van der Waals surface area contributed by atoms with Gasteiger partial charge in [-0.25, -0.2) is 0 Å². The summed E-state index contributed by atoms with van der Waals surface area (Å²) in [5.41, 5.74) is 2.91. The second-order valence-electron chi connectivity index (χ2n) is 29.5. The van der Waals surface area contributed by atoms with E-state index >= 15 is 4.57 Å². The molecule has 0 atom stereocenters. The zero-order valence-corrected chi connectivity index (χ0v) is 71.6. The first-order valence-corrected chi connectivity index (χ1v) is 45.3. The topological polar surface area (TPSA) is 83.8 Å². The highest BCUT2D eigenvalue weighted by atomic mass is 79.9. The Hall–Kier alpha value is -12.8. The Morgan fingerprint density at radius 2 is 0.545 bits per heavy atom. The number of hydrogen-bond acceptors (Lipinski definition) is 5. The maximum atomic E-state index is 15.0. The Morgan fingerprint density at radius 1 is 0.298 bits per heavy atom. The highest BCUT2D eigenvalue weighted by molar-refractivity contribution is 9.11. The molecule has 21 aromatic rings. The van der Waals surface area contributed by atoms with Crippen molar-refractivity contribution in [3.8, 4) is 36.3 Å². The van der Waals surface area contributed by atoms with E-state index in [1.54, 1.807) is 6.92 Å². The minimum atomic E-state index is -3.06. The van der Waals surface area contributed by atoms with Crippen LogP contribution in [0.5, 0.6) is 0 Å². The van der Waals surface area contributed by atoms with Gasteiger partial charge < -0.3 is 23.9 Å². The third-order valence-electron chi connectivity index (χ3n) is 22.5. The van der Waals surface area contributed by atoms with E-state index in [1.807, 2.05) is 194 Å². The van der Waals surface area contributed by atoms with Crippen molar-refractivity contribution in [2.24, 2.45) is 0 Å². The third-order valence-corrected chi connectivity index (χ3v) is 30.0. The molecule has 584 valence electrons. The molecule has 0 unspecified atom stereocenters. The lowest BCUT2D eigenvalue weighted by molar-refractivity contribution is 0.198. The van der Waals surface area contributed by atoms with Crippen LogP contribution in [0.4, 0.5) is 0 Å². The Morgan fingerprint density at radius 3 is 0.901 bits per heavy atom. The second kappa shape index (κ2) is 37.2. The molecule has 1 aliphatic rings. The maximum absolute atomic E-state index is 15.0. The normalized spacial score (nSPS) is 11.8. The molecule has 1 aliphatic heterocycles. The zero-order valence-electron chi connectivity index (χ0n) is 66.6. The van der Waals surface area contributed by atoms with Gasteiger partial charge in [0.15, 0.2) is 14.3 Å². The van der Waals surface area contributed by atoms with Crippen molar-refractivity contribution in [3.05, 3.63) is 415 Å². The molecule has 0 bridgehead atoms. The van der Waals surface area contributed by atoms with E-state index in [0.29, 0.717) is 5.46 Å². The summed E-state index contributed by atoms with van der Waals surface area (Å²) in [6.45, 7) is 3.65. The second-order valence-corrected chi connectivity index (χ2v) is 36.7. The first-order chi connectivity index (χ1) is 59.5. The van der Waals surface area contributed by atoms with Crippen molar-refractivity contribution in [2.45, 2.75) is 19.8 Å². The average Bonchev–Trinajstić information content (AvgIpc) is 0.872. The maximum Gasteiger partial charge on any atom is 0.489 e. The van der Waals surface area contributed by atoms with Gasteiger partial charge >= 0.3 is 7.12 Å². The summed E-state index contributed by atoms with van der Waals surface area (Å²) in [5, 5.41) is 54.2. The summed E-state index contributed by atoms with van der Waals surface area (Å²) < 4.78 is 36.0. The first-order valence-electron chi connectivity index (χ1n) is 40.3. The standard InChI is InChI=1S/C40H27OP.C22H15BO2.C22H13Br.C18H14BrOP.C4H8O.C3H4.C2H2/c41-42(30-14-3-1-4-15-30,31-16-5-2-6-17-31)32-25-23-28(24-26-32)39-33-18-8-7-13-29(33)27-38-36-21-10-9-19-34(36)35-20-11-12-22-37(35)40(38)39;24-23(25)22-15-8-2-1-7-14(15)13-20-18-11-4-3-9-16(18)17-10-5-6-12-19(17)21(20)22;23-22-15-8-2-1-7-14(15)13-20-18-11-4-3-9-16(18)17-10-5-6-12-19(17)21(20)22;19-15-11-13-18(14-12-15)21(20,16-7-3-1-4-8-16)17-9-5-2-6-10-17;1-2-4-5-3-1;1-3-2;1-2/h1-27H;1-13,24-25H;1-13H;1-14H;1-4H2;1H,2H3;1-2H. The lowest BCUT2D eigenvalue weighted by Gasteiger charge is -2.21. The lowest BCUT2D eigenvalue weighted by atomic mass is 9.72. The van der Waals surface area contributed by atoms with Gasteiger partial charge in [-0.3, -0.25) is 0 Å². The van der Waals surface area contributed by atoms with Crippen LogP contribution >= 0.6 is 46.1 Å². The van der Waals surface area contributed by atoms with E-state index in [9.17, 15) is 14.6 Å². The van der Waals surface area contributed by atoms with E-state index in [-0.39, 0.29) is 0 Å². The molecule has 1 fully saturated rings. The fourth-order valence-corrected chi connectivity index (χ4v) is 23.5. The molecule has 2 N–H and O–H groups in total. The number of fused-ring (bicyclic) bond motifs is 21. The Balaban J connectivity index is 0.000000120. The molecule has 5 nitrogen and oxygen atoms in total. The van der Waals surface area contributed by atoms with Crippen molar-refractivity contribution in [2.75, 3.05) is 13.2 Å². The fourth-order valence-electron chi connectivity index (χ4n) is 17.2. The molecule has 0 aromatic heterocycles. The monoisotopic (exact) mass is 1730 g/mol. The SMILES string of the molecule is Brc1c2ccccc2cc2c3ccccc3c3ccccc3c12.C#C.C#CC.C1CCOC1.O=P(c1ccccc1)(c1ccccc1)c1ccc(-c2c3ccccc3cc3c4ccccc4c4ccccc4c23)cc1.O=P(c1ccccc1)(c1ccccc1)c1ccc(Br)cc1.OB(O)c1c2ccccc2cc2c3ccccc3c3ccccc3c12. The summed E-state index contributed by atoms with van der Waals surface area (Å²) in [4.78, 5) is 0. The predicted octanol–water partition coefficient (Wildman–Crippen LogP) is 26.4. The molecule has 0 radical (unpaired) electrons. The van der Waals surface area contributed by atoms with Crippen LogP contribution in [-0.4, -0.2) is 30.4 Å². The highest BCUT2D eigenvalue weighted by Crippen LogP contribution is 2.49. The van der Waals surface area contributed by atoms with Crippen LogP contribution < -0.4 is 37.3 Å². The molecule has 0 spiro atoms. The molecular formula is C111H83BBr2O5P2. The van der Waals surface area contributed by atoms with Crippen molar-refractivity contribution in [1.29, 1.82) is 0 Å². The molecule has 0 aliphatic carbocycles. The van der Waals surface area contributed by atoms with Crippen molar-refractivity contribution < 1.29 is 23.9 Å². The van der Waals surface area contributed by atoms with Gasteiger partial charge in [0, 0.05) is 59.4 Å². The van der Waals surface area contributed by atoms with E-state index in [1.165, 1.54) is 114 Å². The minimum Gasteiger partial charge on any atom is -0.423 e. The van der Waals surface area contributed by atoms with E-state index in [2.05, 4.69) is 269 Å². The van der Waals surface area contributed by atoms with Gasteiger partial charge in [0.2, 0.25) is 0 Å². The van der Waals surface area contributed by atoms with Gasteiger partial charge in [0.05, 0.1) is 0 Å². The number of hydrogen-bond donors (Lipinski definition) is 2. The summed E-state index contributed by atoms with van der Waals surface area (Å²) >= 11 is 7.32. The largest absolute Gasteiger partial charge is 0.489 e. The quantitative estimate of drug-likeness (QED) is 0.0521. The first kappa shape index (κ1) is 81.9. The summed E-state index contributed by atoms with van der Waals surface area (Å²) in [5.74, 6) is 2.25. The average molecular weight is 1730 g/mol. The lowest BCUT2D eigenvalue weighted by Crippen LogP contribution is -2.31. The molecule has 10 heteroatoms. The van der Waals surface area contributed by atoms with Crippen LogP contribution in [0.25, 0.3) is 140 Å². The Kier molecular flexibility index (Phi) is 25.2. The number of benzene rings is 21. The third kappa shape index (κ3) is 16.1. The van der Waals surface area contributed by atoms with Crippen molar-refractivity contribution in [3.63, 3.8) is 0 Å². The van der Waals surface area contributed by atoms with Gasteiger partial charge in [-0.1, -0.05) is 380 Å². The van der Waals surface area contributed by atoms with E-state index < -0.39 is 21.4 Å². The van der Waals surface area contributed by atoms with Gasteiger partial charge in [-0.2, -0.15) is 0 Å². The smallest absolute Gasteiger partial charge is 0.423 e. The molecule has 21 aromatic carbocycles. The van der Waals surface area contributed by atoms with Crippen LogP contribution in [0.3, 0.4) is 0 Å². The molecule has 0 amide bonds. The molecule has 22 rings (SSSR count). The summed E-state index contributed by atoms with van der Waals surface area (Å²) in [6.07, 6.45) is 15.2. The van der Waals surface area contributed by atoms with Crippen LogP contribution in [0.1, 0.15) is 19.8 Å². The van der Waals surface area contributed by atoms with Gasteiger partial charge in [-0.05, 0) is 219 Å². The van der Waals surface area contributed by atoms with Crippen LogP contribution in [0.2, 0.25) is 0 Å². The van der Waals surface area contributed by atoms with Crippen LogP contribution in [0, 0.1) is 25.2 Å². The predicted molar refractivity (Wildman–Crippen MR) is 530 cm³/mol. The molecule has 1 saturated heterocycles. The summed E-state index contributed by atoms with van der Waals surface area (Å²) in [6, 6.07) is 139. The van der Waals surface area contributed by atoms with Crippen LogP contribution in [0.15, 0.2) is 415 Å². The van der Waals surface area contributed by atoms with Gasteiger partial charge in [-0.15, -0.1) is 25.2 Å². The van der Waals surface area contributed by atoms with E-state index in [4.69, 9.17) is 4.74 Å². The molecule has 121 heavy (non-hydrogen) atoms. The molecule has 0 saturated carbocycles. The van der Waals surface area contributed by atoms with E-state index in [0.717, 1.165) is 92.8 Å². The van der Waals surface area contributed by atoms with Gasteiger partial charge in [0.25, 0.3) is 0 Å². The zero-order chi connectivity index (χ0) is 83.4. The summed E-state index contributed by atoms with van der Waals surface area (Å²) in [7, 11) is -7.40. The van der Waals surface area contributed by atoms with Crippen LogP contribution in [-0.2, 0) is 13.9 Å². The van der Waals surface area contributed by atoms with Crippen molar-refractivity contribution in [1.82, 2.24) is 0 Å². The minimum absolute atomic E-state index is 0.579. The number of ether oxygens (including phenoxy) is 1. The fraction of sp³-hybridized carbons (Fsp3) is 0.0450. The number of terminal acetylenes is 2. The Bertz CT molecular complexity index is 7430. The number of rotatable bonds is 8. The van der Waals surface area contributed by atoms with Crippen molar-refractivity contribution >= 4 is 220 Å².